The number of anilines is 2. The van der Waals surface area contributed by atoms with Crippen LogP contribution in [0.25, 0.3) is 0 Å². The average molecular weight is 523 g/mol. The van der Waals surface area contributed by atoms with Crippen molar-refractivity contribution in [1.29, 1.82) is 0 Å². The number of rotatable bonds is 9. The second kappa shape index (κ2) is 11.2. The molecule has 192 valence electrons. The Morgan fingerprint density at radius 2 is 1.70 bits per heavy atom. The SMILES string of the molecule is CCn1ncc(NC(=O)c2ccc(OC)c(COc3ccc(Cl)cc3)c2)c1C(=O)Nc1cnn(C)c1C. The van der Waals surface area contributed by atoms with Crippen LogP contribution < -0.4 is 20.1 Å². The summed E-state index contributed by atoms with van der Waals surface area (Å²) in [4.78, 5) is 26.3. The molecule has 10 nitrogen and oxygen atoms in total. The van der Waals surface area contributed by atoms with Crippen LogP contribution in [0.1, 0.15) is 39.0 Å². The fraction of sp³-hybridized carbons (Fsp3) is 0.231. The van der Waals surface area contributed by atoms with Crippen LogP contribution in [0.4, 0.5) is 11.4 Å². The van der Waals surface area contributed by atoms with Crippen molar-refractivity contribution in [2.24, 2.45) is 7.05 Å². The molecule has 0 unspecified atom stereocenters. The van der Waals surface area contributed by atoms with Crippen LogP contribution in [0.5, 0.6) is 11.5 Å². The van der Waals surface area contributed by atoms with E-state index in [-0.39, 0.29) is 12.3 Å². The van der Waals surface area contributed by atoms with E-state index in [0.29, 0.717) is 45.6 Å². The Morgan fingerprint density at radius 1 is 1.00 bits per heavy atom. The Bertz CT molecular complexity index is 1430. The number of amides is 2. The zero-order chi connectivity index (χ0) is 26.5. The second-order valence-electron chi connectivity index (χ2n) is 8.17. The van der Waals surface area contributed by atoms with E-state index in [0.717, 1.165) is 5.69 Å². The first-order valence-electron chi connectivity index (χ1n) is 11.5. The van der Waals surface area contributed by atoms with E-state index in [9.17, 15) is 9.59 Å². The lowest BCUT2D eigenvalue weighted by Crippen LogP contribution is -2.21. The topological polar surface area (TPSA) is 112 Å². The predicted molar refractivity (Wildman–Crippen MR) is 141 cm³/mol. The molecule has 2 aromatic heterocycles. The average Bonchev–Trinajstić information content (AvgIpc) is 3.45. The van der Waals surface area contributed by atoms with Crippen molar-refractivity contribution < 1.29 is 19.1 Å². The number of halogens is 1. The van der Waals surface area contributed by atoms with Gasteiger partial charge in [0.15, 0.2) is 0 Å². The molecule has 4 aromatic rings. The van der Waals surface area contributed by atoms with Crippen molar-refractivity contribution in [2.75, 3.05) is 17.7 Å². The number of nitrogens with one attached hydrogen (secondary N) is 2. The summed E-state index contributed by atoms with van der Waals surface area (Å²) in [7, 11) is 3.34. The van der Waals surface area contributed by atoms with Gasteiger partial charge in [-0.2, -0.15) is 10.2 Å². The number of hydrogen-bond acceptors (Lipinski definition) is 6. The molecule has 0 bridgehead atoms. The lowest BCUT2D eigenvalue weighted by atomic mass is 10.1. The van der Waals surface area contributed by atoms with Gasteiger partial charge in [0.05, 0.1) is 36.6 Å². The molecule has 0 fully saturated rings. The predicted octanol–water partition coefficient (Wildman–Crippen LogP) is 4.69. The van der Waals surface area contributed by atoms with E-state index in [4.69, 9.17) is 21.1 Å². The molecule has 0 aliphatic rings. The highest BCUT2D eigenvalue weighted by atomic mass is 35.5. The largest absolute Gasteiger partial charge is 0.496 e. The van der Waals surface area contributed by atoms with Crippen LogP contribution in [-0.4, -0.2) is 38.5 Å². The summed E-state index contributed by atoms with van der Waals surface area (Å²) in [6.07, 6.45) is 3.03. The maximum atomic E-state index is 13.2. The van der Waals surface area contributed by atoms with Crippen LogP contribution in [-0.2, 0) is 20.2 Å². The molecular formula is C26H27ClN6O4. The van der Waals surface area contributed by atoms with Gasteiger partial charge in [-0.15, -0.1) is 0 Å². The van der Waals surface area contributed by atoms with Crippen LogP contribution in [0, 0.1) is 6.92 Å². The summed E-state index contributed by atoms with van der Waals surface area (Å²) in [5.74, 6) is 0.402. The van der Waals surface area contributed by atoms with E-state index >= 15 is 0 Å². The zero-order valence-corrected chi connectivity index (χ0v) is 21.7. The molecule has 0 saturated heterocycles. The van der Waals surface area contributed by atoms with E-state index in [1.165, 1.54) is 10.9 Å². The van der Waals surface area contributed by atoms with Gasteiger partial charge < -0.3 is 20.1 Å². The number of nitrogens with zero attached hydrogens (tertiary/aromatic N) is 4. The first kappa shape index (κ1) is 25.8. The molecule has 0 saturated carbocycles. The van der Waals surface area contributed by atoms with Gasteiger partial charge in [0.1, 0.15) is 23.8 Å². The Kier molecular flexibility index (Phi) is 7.78. The fourth-order valence-corrected chi connectivity index (χ4v) is 3.80. The minimum absolute atomic E-state index is 0.178. The molecule has 2 aromatic carbocycles. The summed E-state index contributed by atoms with van der Waals surface area (Å²) in [6.45, 7) is 4.33. The van der Waals surface area contributed by atoms with Gasteiger partial charge in [-0.05, 0) is 56.3 Å². The number of aryl methyl sites for hydroxylation is 2. The lowest BCUT2D eigenvalue weighted by Gasteiger charge is -2.13. The third-order valence-electron chi connectivity index (χ3n) is 5.84. The van der Waals surface area contributed by atoms with Crippen molar-refractivity contribution >= 4 is 34.8 Å². The van der Waals surface area contributed by atoms with Crippen LogP contribution >= 0.6 is 11.6 Å². The highest BCUT2D eigenvalue weighted by molar-refractivity contribution is 6.30. The summed E-state index contributed by atoms with van der Waals surface area (Å²) in [5, 5.41) is 14.7. The maximum Gasteiger partial charge on any atom is 0.276 e. The molecule has 4 rings (SSSR count). The third kappa shape index (κ3) is 5.75. The van der Waals surface area contributed by atoms with Gasteiger partial charge in [-0.1, -0.05) is 11.6 Å². The number of hydrogen-bond donors (Lipinski definition) is 2. The van der Waals surface area contributed by atoms with Gasteiger partial charge in [0, 0.05) is 29.7 Å². The normalized spacial score (nSPS) is 10.7. The standard InChI is InChI=1S/C26H27ClN6O4/c1-5-33-24(26(35)30-21-13-28-32(3)16(21)2)22(14-29-33)31-25(34)17-6-11-23(36-4)18(12-17)15-37-20-9-7-19(27)8-10-20/h6-14H,5,15H2,1-4H3,(H,30,35)(H,31,34). The molecular weight excluding hydrogens is 496 g/mol. The molecule has 37 heavy (non-hydrogen) atoms. The van der Waals surface area contributed by atoms with Gasteiger partial charge >= 0.3 is 0 Å². The van der Waals surface area contributed by atoms with Crippen molar-refractivity contribution in [1.82, 2.24) is 19.6 Å². The van der Waals surface area contributed by atoms with Crippen LogP contribution in [0.2, 0.25) is 5.02 Å². The molecule has 11 heteroatoms. The minimum Gasteiger partial charge on any atom is -0.496 e. The monoisotopic (exact) mass is 522 g/mol. The summed E-state index contributed by atoms with van der Waals surface area (Å²) in [5.41, 5.74) is 2.95. The van der Waals surface area contributed by atoms with E-state index in [2.05, 4.69) is 20.8 Å². The highest BCUT2D eigenvalue weighted by Gasteiger charge is 2.22. The Morgan fingerprint density at radius 3 is 2.35 bits per heavy atom. The van der Waals surface area contributed by atoms with E-state index in [1.807, 2.05) is 13.8 Å². The van der Waals surface area contributed by atoms with E-state index in [1.54, 1.807) is 67.5 Å². The molecule has 2 N–H and O–H groups in total. The molecule has 0 aliphatic carbocycles. The summed E-state index contributed by atoms with van der Waals surface area (Å²) in [6, 6.07) is 12.0. The number of methoxy groups -OCH3 is 1. The number of carbonyl (C=O) groups excluding carboxylic acids is 2. The maximum absolute atomic E-state index is 13.2. The quantitative estimate of drug-likeness (QED) is 0.330. The van der Waals surface area contributed by atoms with Gasteiger partial charge in [-0.3, -0.25) is 19.0 Å². The Labute approximate surface area is 219 Å². The molecule has 2 amide bonds. The van der Waals surface area contributed by atoms with Crippen molar-refractivity contribution in [3.05, 3.63) is 82.4 Å². The van der Waals surface area contributed by atoms with Crippen LogP contribution in [0.15, 0.2) is 54.9 Å². The number of carbonyl (C=O) groups is 2. The van der Waals surface area contributed by atoms with Gasteiger partial charge in [-0.25, -0.2) is 0 Å². The van der Waals surface area contributed by atoms with Crippen LogP contribution in [0.3, 0.4) is 0 Å². The Balaban J connectivity index is 1.53. The van der Waals surface area contributed by atoms with E-state index < -0.39 is 11.8 Å². The van der Waals surface area contributed by atoms with Crippen molar-refractivity contribution in [2.45, 2.75) is 27.0 Å². The summed E-state index contributed by atoms with van der Waals surface area (Å²) < 4.78 is 14.5. The smallest absolute Gasteiger partial charge is 0.276 e. The van der Waals surface area contributed by atoms with Crippen molar-refractivity contribution in [3.63, 3.8) is 0 Å². The van der Waals surface area contributed by atoms with Gasteiger partial charge in [0.2, 0.25) is 0 Å². The Hall–Kier alpha value is -4.31. The molecule has 0 radical (unpaired) electrons. The highest BCUT2D eigenvalue weighted by Crippen LogP contribution is 2.25. The number of ether oxygens (including phenoxy) is 2. The van der Waals surface area contributed by atoms with Gasteiger partial charge in [0.25, 0.3) is 11.8 Å². The molecule has 0 atom stereocenters. The molecule has 0 spiro atoms. The molecule has 2 heterocycles. The minimum atomic E-state index is -0.405. The first-order valence-corrected chi connectivity index (χ1v) is 11.9. The number of benzene rings is 2. The lowest BCUT2D eigenvalue weighted by molar-refractivity contribution is 0.101. The van der Waals surface area contributed by atoms with Crippen molar-refractivity contribution in [3.8, 4) is 11.5 Å². The first-order chi connectivity index (χ1) is 17.8. The second-order valence-corrected chi connectivity index (χ2v) is 8.60. The molecule has 0 aliphatic heterocycles. The number of aromatic nitrogens is 4. The zero-order valence-electron chi connectivity index (χ0n) is 20.9. The summed E-state index contributed by atoms with van der Waals surface area (Å²) >= 11 is 5.93. The third-order valence-corrected chi connectivity index (χ3v) is 6.09. The fourth-order valence-electron chi connectivity index (χ4n) is 3.68.